The van der Waals surface area contributed by atoms with Crippen LogP contribution in [-0.4, -0.2) is 47.4 Å². The Morgan fingerprint density at radius 1 is 0.391 bits per heavy atom. The standard InChI is InChI=1S/C63H123NO5/c1-3-5-7-9-11-13-15-17-19-21-25-29-33-37-41-45-49-53-57-63(68)69-58-54-50-46-42-38-34-30-26-23-22-24-28-32-36-40-44-48-52-56-62(67)64-60(59-65)61(66)55-51-47-43-39-35-31-27-20-18-16-14-12-10-8-6-4-2/h51,55,60-61,65-66H,3-50,52-54,56-59H2,1-2H3,(H,64,67)/b55-51+. The van der Waals surface area contributed by atoms with E-state index in [9.17, 15) is 19.8 Å². The summed E-state index contributed by atoms with van der Waals surface area (Å²) in [6.07, 6.45) is 71.0. The average Bonchev–Trinajstić information content (AvgIpc) is 3.35. The van der Waals surface area contributed by atoms with Crippen LogP contribution in [0.1, 0.15) is 354 Å². The van der Waals surface area contributed by atoms with Gasteiger partial charge in [0.25, 0.3) is 0 Å². The first-order valence-corrected chi connectivity index (χ1v) is 31.5. The number of allylic oxidation sites excluding steroid dienone is 1. The van der Waals surface area contributed by atoms with Gasteiger partial charge >= 0.3 is 5.97 Å². The number of unbranched alkanes of at least 4 members (excludes halogenated alkanes) is 48. The maximum Gasteiger partial charge on any atom is 0.305 e. The molecule has 0 aromatic carbocycles. The van der Waals surface area contributed by atoms with Gasteiger partial charge in [-0.1, -0.05) is 321 Å². The molecule has 0 aromatic heterocycles. The molecule has 2 atom stereocenters. The summed E-state index contributed by atoms with van der Waals surface area (Å²) >= 11 is 0. The first-order chi connectivity index (χ1) is 34.0. The molecule has 0 fully saturated rings. The third kappa shape index (κ3) is 55.8. The number of hydrogen-bond acceptors (Lipinski definition) is 5. The number of ether oxygens (including phenoxy) is 1. The third-order valence-corrected chi connectivity index (χ3v) is 14.8. The summed E-state index contributed by atoms with van der Waals surface area (Å²) in [6, 6.07) is -0.630. The minimum Gasteiger partial charge on any atom is -0.466 e. The molecule has 0 aliphatic rings. The van der Waals surface area contributed by atoms with Crippen molar-refractivity contribution in [2.45, 2.75) is 366 Å². The molecule has 0 aromatic rings. The van der Waals surface area contributed by atoms with Crippen molar-refractivity contribution in [2.24, 2.45) is 0 Å². The summed E-state index contributed by atoms with van der Waals surface area (Å²) < 4.78 is 5.50. The van der Waals surface area contributed by atoms with Gasteiger partial charge in [-0.3, -0.25) is 9.59 Å². The molecule has 2 unspecified atom stereocenters. The van der Waals surface area contributed by atoms with E-state index in [0.29, 0.717) is 19.4 Å². The monoisotopic (exact) mass is 974 g/mol. The van der Waals surface area contributed by atoms with Crippen LogP contribution < -0.4 is 5.32 Å². The van der Waals surface area contributed by atoms with Gasteiger partial charge in [-0.15, -0.1) is 0 Å². The van der Waals surface area contributed by atoms with Crippen LogP contribution in [0.4, 0.5) is 0 Å². The van der Waals surface area contributed by atoms with Crippen molar-refractivity contribution in [2.75, 3.05) is 13.2 Å². The Labute approximate surface area is 431 Å². The van der Waals surface area contributed by atoms with E-state index >= 15 is 0 Å². The highest BCUT2D eigenvalue weighted by Crippen LogP contribution is 2.18. The van der Waals surface area contributed by atoms with Crippen LogP contribution in [0.25, 0.3) is 0 Å². The van der Waals surface area contributed by atoms with Crippen molar-refractivity contribution >= 4 is 11.9 Å². The molecular formula is C63H123NO5. The zero-order valence-electron chi connectivity index (χ0n) is 46.8. The van der Waals surface area contributed by atoms with E-state index in [1.807, 2.05) is 6.08 Å². The number of amides is 1. The molecule has 0 rings (SSSR count). The second kappa shape index (κ2) is 59.2. The van der Waals surface area contributed by atoms with Crippen molar-refractivity contribution in [3.05, 3.63) is 12.2 Å². The fourth-order valence-electron chi connectivity index (χ4n) is 9.99. The highest BCUT2D eigenvalue weighted by atomic mass is 16.5. The van der Waals surface area contributed by atoms with Crippen LogP contribution in [0.15, 0.2) is 12.2 Å². The van der Waals surface area contributed by atoms with Gasteiger partial charge in [0.2, 0.25) is 5.91 Å². The van der Waals surface area contributed by atoms with Crippen LogP contribution in [0, 0.1) is 0 Å². The highest BCUT2D eigenvalue weighted by molar-refractivity contribution is 5.76. The molecule has 3 N–H and O–H groups in total. The number of aliphatic hydroxyl groups excluding tert-OH is 2. The number of rotatable bonds is 59. The molecule has 1 amide bonds. The molecule has 0 bridgehead atoms. The topological polar surface area (TPSA) is 95.9 Å². The molecular weight excluding hydrogens is 851 g/mol. The smallest absolute Gasteiger partial charge is 0.305 e. The minimum atomic E-state index is -0.846. The number of aliphatic hydroxyl groups is 2. The molecule has 0 radical (unpaired) electrons. The fraction of sp³-hybridized carbons (Fsp3) is 0.937. The largest absolute Gasteiger partial charge is 0.466 e. The molecule has 6 nitrogen and oxygen atoms in total. The third-order valence-electron chi connectivity index (χ3n) is 14.8. The molecule has 0 heterocycles. The van der Waals surface area contributed by atoms with E-state index in [1.54, 1.807) is 6.08 Å². The zero-order valence-corrected chi connectivity index (χ0v) is 46.8. The summed E-state index contributed by atoms with van der Waals surface area (Å²) in [7, 11) is 0. The second-order valence-electron chi connectivity index (χ2n) is 21.8. The predicted octanol–water partition coefficient (Wildman–Crippen LogP) is 19.6. The van der Waals surface area contributed by atoms with Crippen molar-refractivity contribution in [3.8, 4) is 0 Å². The quantitative estimate of drug-likeness (QED) is 0.0321. The van der Waals surface area contributed by atoms with Crippen LogP contribution >= 0.6 is 0 Å². The van der Waals surface area contributed by atoms with Crippen LogP contribution in [-0.2, 0) is 14.3 Å². The van der Waals surface area contributed by atoms with Gasteiger partial charge in [-0.05, 0) is 32.1 Å². The van der Waals surface area contributed by atoms with Crippen molar-refractivity contribution < 1.29 is 24.5 Å². The first kappa shape index (κ1) is 67.6. The Balaban J connectivity index is 3.40. The molecule has 6 heteroatoms. The lowest BCUT2D eigenvalue weighted by molar-refractivity contribution is -0.143. The zero-order chi connectivity index (χ0) is 50.0. The first-order valence-electron chi connectivity index (χ1n) is 31.5. The summed E-state index contributed by atoms with van der Waals surface area (Å²) in [4.78, 5) is 24.6. The van der Waals surface area contributed by atoms with E-state index < -0.39 is 12.1 Å². The molecule has 69 heavy (non-hydrogen) atoms. The number of carbonyl (C=O) groups excluding carboxylic acids is 2. The van der Waals surface area contributed by atoms with Gasteiger partial charge in [0.1, 0.15) is 0 Å². The SMILES string of the molecule is CCCCCCCCCCCCCCCC/C=C/C(O)C(CO)NC(=O)CCCCCCCCCCCCCCCCCCCCOC(=O)CCCCCCCCCCCCCCCCCCCC. The van der Waals surface area contributed by atoms with Gasteiger partial charge < -0.3 is 20.3 Å². The van der Waals surface area contributed by atoms with E-state index in [1.165, 1.54) is 289 Å². The number of nitrogens with one attached hydrogen (secondary N) is 1. The summed E-state index contributed by atoms with van der Waals surface area (Å²) in [5, 5.41) is 23.1. The van der Waals surface area contributed by atoms with E-state index in [-0.39, 0.29) is 18.5 Å². The van der Waals surface area contributed by atoms with E-state index in [2.05, 4.69) is 19.2 Å². The van der Waals surface area contributed by atoms with Gasteiger partial charge in [0, 0.05) is 12.8 Å². The second-order valence-corrected chi connectivity index (χ2v) is 21.8. The van der Waals surface area contributed by atoms with Crippen LogP contribution in [0.2, 0.25) is 0 Å². The lowest BCUT2D eigenvalue weighted by atomic mass is 10.0. The molecule has 0 saturated heterocycles. The van der Waals surface area contributed by atoms with Crippen LogP contribution in [0.3, 0.4) is 0 Å². The Morgan fingerprint density at radius 3 is 0.986 bits per heavy atom. The molecule has 0 aliphatic heterocycles. The summed E-state index contributed by atoms with van der Waals surface area (Å²) in [6.45, 7) is 4.93. The minimum absolute atomic E-state index is 0.0117. The molecule has 0 spiro atoms. The van der Waals surface area contributed by atoms with Gasteiger partial charge in [-0.2, -0.15) is 0 Å². The number of hydrogen-bond donors (Lipinski definition) is 3. The maximum absolute atomic E-state index is 12.5. The molecule has 410 valence electrons. The van der Waals surface area contributed by atoms with E-state index in [0.717, 1.165) is 38.5 Å². The average molecular weight is 975 g/mol. The van der Waals surface area contributed by atoms with Crippen molar-refractivity contribution in [1.29, 1.82) is 0 Å². The molecule has 0 saturated carbocycles. The van der Waals surface area contributed by atoms with Gasteiger partial charge in [-0.25, -0.2) is 0 Å². The normalized spacial score (nSPS) is 12.6. The predicted molar refractivity (Wildman–Crippen MR) is 301 cm³/mol. The number of carbonyl (C=O) groups is 2. The fourth-order valence-corrected chi connectivity index (χ4v) is 9.99. The Bertz CT molecular complexity index is 1030. The Kier molecular flexibility index (Phi) is 58.0. The van der Waals surface area contributed by atoms with E-state index in [4.69, 9.17) is 4.74 Å². The number of esters is 1. The van der Waals surface area contributed by atoms with Gasteiger partial charge in [0.15, 0.2) is 0 Å². The maximum atomic E-state index is 12.5. The van der Waals surface area contributed by atoms with Crippen molar-refractivity contribution in [3.63, 3.8) is 0 Å². The van der Waals surface area contributed by atoms with Crippen molar-refractivity contribution in [1.82, 2.24) is 5.32 Å². The lowest BCUT2D eigenvalue weighted by Gasteiger charge is -2.20. The Morgan fingerprint density at radius 2 is 0.667 bits per heavy atom. The highest BCUT2D eigenvalue weighted by Gasteiger charge is 2.18. The molecule has 0 aliphatic carbocycles. The van der Waals surface area contributed by atoms with Gasteiger partial charge in [0.05, 0.1) is 25.4 Å². The summed E-state index contributed by atoms with van der Waals surface area (Å²) in [5.74, 6) is -0.0575. The lowest BCUT2D eigenvalue weighted by Crippen LogP contribution is -2.45. The Hall–Kier alpha value is -1.40. The summed E-state index contributed by atoms with van der Waals surface area (Å²) in [5.41, 5.74) is 0. The van der Waals surface area contributed by atoms with Crippen LogP contribution in [0.5, 0.6) is 0 Å².